The largest absolute Gasteiger partial charge is 0.377 e. The summed E-state index contributed by atoms with van der Waals surface area (Å²) in [6.45, 7) is 0.633. The molecule has 0 amide bonds. The Labute approximate surface area is 79.7 Å². The van der Waals surface area contributed by atoms with Crippen molar-refractivity contribution in [2.24, 2.45) is 0 Å². The zero-order valence-electron chi connectivity index (χ0n) is 7.33. The highest BCUT2D eigenvalue weighted by atomic mass is 16.2. The van der Waals surface area contributed by atoms with E-state index in [9.17, 15) is 9.59 Å². The predicted octanol–water partition coefficient (Wildman–Crippen LogP) is 0.875. The molecule has 2 aromatic rings. The van der Waals surface area contributed by atoms with Gasteiger partial charge in [0, 0.05) is 6.54 Å². The van der Waals surface area contributed by atoms with Crippen LogP contribution in [0.15, 0.2) is 33.9 Å². The van der Waals surface area contributed by atoms with Gasteiger partial charge in [-0.15, -0.1) is 0 Å². The van der Waals surface area contributed by atoms with E-state index < -0.39 is 0 Å². The van der Waals surface area contributed by atoms with Crippen molar-refractivity contribution in [3.05, 3.63) is 50.3 Å². The van der Waals surface area contributed by atoms with Crippen molar-refractivity contribution < 1.29 is 0 Å². The Hall–Kier alpha value is -1.90. The minimum atomic E-state index is -0.380. The van der Waals surface area contributed by atoms with Crippen LogP contribution in [0, 0.1) is 0 Å². The standard InChI is InChI=1S/C11H7NO2/c13-10-8-7-4-2-1-3-6(7)5-12-9(8)11(10)14/h1-4,12H,5H2. The molecule has 0 bridgehead atoms. The summed E-state index contributed by atoms with van der Waals surface area (Å²) in [4.78, 5) is 22.4. The van der Waals surface area contributed by atoms with E-state index >= 15 is 0 Å². The van der Waals surface area contributed by atoms with E-state index in [2.05, 4.69) is 5.32 Å². The van der Waals surface area contributed by atoms with E-state index in [0.29, 0.717) is 17.8 Å². The number of rotatable bonds is 0. The zero-order valence-corrected chi connectivity index (χ0v) is 7.33. The first-order chi connectivity index (χ1) is 6.79. The number of fused-ring (bicyclic) bond motifs is 3. The van der Waals surface area contributed by atoms with Gasteiger partial charge < -0.3 is 5.32 Å². The normalized spacial score (nSPS) is 13.1. The van der Waals surface area contributed by atoms with E-state index in [1.165, 1.54) is 0 Å². The minimum absolute atomic E-state index is 0.361. The highest BCUT2D eigenvalue weighted by Gasteiger charge is 2.26. The second kappa shape index (κ2) is 2.32. The molecule has 0 saturated carbocycles. The van der Waals surface area contributed by atoms with Crippen molar-refractivity contribution >= 4 is 5.69 Å². The van der Waals surface area contributed by atoms with Crippen LogP contribution in [-0.2, 0) is 6.54 Å². The molecule has 3 heteroatoms. The van der Waals surface area contributed by atoms with Crippen molar-refractivity contribution in [2.45, 2.75) is 6.54 Å². The first-order valence-corrected chi connectivity index (χ1v) is 4.44. The molecule has 0 unspecified atom stereocenters. The van der Waals surface area contributed by atoms with Gasteiger partial charge in [0.2, 0.25) is 10.9 Å². The molecule has 0 aromatic heterocycles. The smallest absolute Gasteiger partial charge is 0.250 e. The highest BCUT2D eigenvalue weighted by molar-refractivity contribution is 5.86. The minimum Gasteiger partial charge on any atom is -0.377 e. The summed E-state index contributed by atoms with van der Waals surface area (Å²) >= 11 is 0. The topological polar surface area (TPSA) is 46.2 Å². The molecule has 0 aliphatic carbocycles. The molecule has 0 spiro atoms. The lowest BCUT2D eigenvalue weighted by Gasteiger charge is -2.21. The Morgan fingerprint density at radius 2 is 1.86 bits per heavy atom. The fourth-order valence-electron chi connectivity index (χ4n) is 1.92. The van der Waals surface area contributed by atoms with Gasteiger partial charge in [-0.25, -0.2) is 0 Å². The van der Waals surface area contributed by atoms with Gasteiger partial charge in [-0.2, -0.15) is 0 Å². The number of nitrogens with one attached hydrogen (secondary N) is 1. The molecule has 3 nitrogen and oxygen atoms in total. The summed E-state index contributed by atoms with van der Waals surface area (Å²) in [6.07, 6.45) is 0. The highest BCUT2D eigenvalue weighted by Crippen LogP contribution is 2.31. The van der Waals surface area contributed by atoms with Crippen molar-refractivity contribution in [2.75, 3.05) is 5.32 Å². The zero-order chi connectivity index (χ0) is 9.71. The summed E-state index contributed by atoms with van der Waals surface area (Å²) in [5.74, 6) is 0. The lowest BCUT2D eigenvalue weighted by molar-refractivity contribution is 1.10. The lowest BCUT2D eigenvalue weighted by Crippen LogP contribution is -2.38. The molecule has 0 radical (unpaired) electrons. The maximum atomic E-state index is 11.3. The first-order valence-electron chi connectivity index (χ1n) is 4.44. The molecule has 68 valence electrons. The van der Waals surface area contributed by atoms with Crippen molar-refractivity contribution in [1.82, 2.24) is 0 Å². The maximum absolute atomic E-state index is 11.3. The van der Waals surface area contributed by atoms with Gasteiger partial charge in [0.15, 0.2) is 0 Å². The second-order valence-corrected chi connectivity index (χ2v) is 3.42. The molecule has 2 aromatic carbocycles. The van der Waals surface area contributed by atoms with Gasteiger partial charge in [-0.1, -0.05) is 24.3 Å². The Morgan fingerprint density at radius 1 is 1.07 bits per heavy atom. The first kappa shape index (κ1) is 7.50. The second-order valence-electron chi connectivity index (χ2n) is 3.42. The molecular formula is C11H7NO2. The summed E-state index contributed by atoms with van der Waals surface area (Å²) in [6, 6.07) is 7.65. The summed E-state index contributed by atoms with van der Waals surface area (Å²) in [7, 11) is 0. The molecule has 0 saturated heterocycles. The van der Waals surface area contributed by atoms with Crippen LogP contribution in [0.4, 0.5) is 5.69 Å². The summed E-state index contributed by atoms with van der Waals surface area (Å²) in [5, 5.41) is 2.96. The average molecular weight is 185 g/mol. The third-order valence-electron chi connectivity index (χ3n) is 2.65. The SMILES string of the molecule is O=c1c2c(c1=O)-c1ccccc1CN2. The average Bonchev–Trinajstić information content (AvgIpc) is 2.26. The molecular weight excluding hydrogens is 178 g/mol. The summed E-state index contributed by atoms with van der Waals surface area (Å²) in [5.41, 5.74) is 2.30. The number of hydrogen-bond donors (Lipinski definition) is 1. The molecule has 1 aliphatic heterocycles. The van der Waals surface area contributed by atoms with E-state index in [4.69, 9.17) is 0 Å². The quantitative estimate of drug-likeness (QED) is 0.619. The van der Waals surface area contributed by atoms with Crippen LogP contribution in [0.5, 0.6) is 0 Å². The van der Waals surface area contributed by atoms with Crippen molar-refractivity contribution in [3.63, 3.8) is 0 Å². The molecule has 1 N–H and O–H groups in total. The van der Waals surface area contributed by atoms with Gasteiger partial charge in [-0.3, -0.25) is 9.59 Å². The van der Waals surface area contributed by atoms with Crippen molar-refractivity contribution in [1.29, 1.82) is 0 Å². The Kier molecular flexibility index (Phi) is 1.24. The van der Waals surface area contributed by atoms with Gasteiger partial charge in [-0.05, 0) is 11.1 Å². The van der Waals surface area contributed by atoms with Gasteiger partial charge in [0.25, 0.3) is 0 Å². The fourth-order valence-corrected chi connectivity index (χ4v) is 1.92. The van der Waals surface area contributed by atoms with E-state index in [0.717, 1.165) is 11.1 Å². The van der Waals surface area contributed by atoms with E-state index in [1.807, 2.05) is 24.3 Å². The van der Waals surface area contributed by atoms with Crippen LogP contribution in [0.25, 0.3) is 11.1 Å². The summed E-state index contributed by atoms with van der Waals surface area (Å²) < 4.78 is 0. The van der Waals surface area contributed by atoms with Gasteiger partial charge in [0.05, 0.1) is 11.3 Å². The Balaban J connectivity index is 2.36. The number of anilines is 1. The molecule has 1 aliphatic rings. The third kappa shape index (κ3) is 0.719. The van der Waals surface area contributed by atoms with E-state index in [-0.39, 0.29) is 10.9 Å². The fraction of sp³-hybridized carbons (Fsp3) is 0.0909. The van der Waals surface area contributed by atoms with Crippen LogP contribution < -0.4 is 16.2 Å². The lowest BCUT2D eigenvalue weighted by atomic mass is 9.91. The van der Waals surface area contributed by atoms with Crippen LogP contribution in [0.3, 0.4) is 0 Å². The predicted molar refractivity (Wildman–Crippen MR) is 54.1 cm³/mol. The maximum Gasteiger partial charge on any atom is 0.250 e. The number of hydrogen-bond acceptors (Lipinski definition) is 3. The monoisotopic (exact) mass is 185 g/mol. The van der Waals surface area contributed by atoms with Gasteiger partial charge >= 0.3 is 0 Å². The van der Waals surface area contributed by atoms with Crippen LogP contribution in [-0.4, -0.2) is 0 Å². The molecule has 3 rings (SSSR count). The van der Waals surface area contributed by atoms with Gasteiger partial charge in [0.1, 0.15) is 0 Å². The Morgan fingerprint density at radius 3 is 2.71 bits per heavy atom. The molecule has 14 heavy (non-hydrogen) atoms. The Bertz CT molecular complexity index is 591. The van der Waals surface area contributed by atoms with Crippen LogP contribution >= 0.6 is 0 Å². The molecule has 0 fully saturated rings. The van der Waals surface area contributed by atoms with Crippen LogP contribution in [0.1, 0.15) is 5.56 Å². The third-order valence-corrected chi connectivity index (χ3v) is 2.65. The van der Waals surface area contributed by atoms with Crippen LogP contribution in [0.2, 0.25) is 0 Å². The van der Waals surface area contributed by atoms with Crippen molar-refractivity contribution in [3.8, 4) is 11.1 Å². The molecule has 0 atom stereocenters. The number of benzene rings is 1. The van der Waals surface area contributed by atoms with E-state index in [1.54, 1.807) is 0 Å². The molecule has 1 heterocycles.